The summed E-state index contributed by atoms with van der Waals surface area (Å²) < 4.78 is 18.8. The number of ether oxygens (including phenoxy) is 1. The highest BCUT2D eigenvalue weighted by Gasteiger charge is 2.27. The Kier molecular flexibility index (Phi) is 6.87. The summed E-state index contributed by atoms with van der Waals surface area (Å²) in [7, 11) is 0. The highest BCUT2D eigenvalue weighted by atomic mass is 79.9. The summed E-state index contributed by atoms with van der Waals surface area (Å²) in [4.78, 5) is 22.1. The zero-order chi connectivity index (χ0) is 21.0. The van der Waals surface area contributed by atoms with E-state index in [1.165, 1.54) is 0 Å². The van der Waals surface area contributed by atoms with Gasteiger partial charge in [-0.1, -0.05) is 0 Å². The molecule has 0 aromatic carbocycles. The molecule has 29 heavy (non-hydrogen) atoms. The number of nitrogens with one attached hydrogen (secondary N) is 3. The molecule has 0 saturated carbocycles. The van der Waals surface area contributed by atoms with Crippen molar-refractivity contribution in [1.29, 1.82) is 0 Å². The average molecular weight is 470 g/mol. The molecule has 0 spiro atoms. The second-order valence-corrected chi connectivity index (χ2v) is 9.14. The Morgan fingerprint density at radius 1 is 1.48 bits per heavy atom. The second kappa shape index (κ2) is 9.19. The zero-order valence-electron chi connectivity index (χ0n) is 17.1. The van der Waals surface area contributed by atoms with E-state index in [0.29, 0.717) is 19.5 Å². The Labute approximate surface area is 178 Å². The van der Waals surface area contributed by atoms with Gasteiger partial charge in [-0.05, 0) is 56.0 Å². The number of fused-ring (bicyclic) bond motifs is 1. The molecule has 0 unspecified atom stereocenters. The molecule has 0 radical (unpaired) electrons. The number of aromatic nitrogens is 2. The molecule has 3 N–H and O–H groups in total. The molecule has 0 aliphatic carbocycles. The van der Waals surface area contributed by atoms with E-state index >= 15 is 0 Å². The number of carbonyl (C=O) groups is 1. The smallest absolute Gasteiger partial charge is 0.407 e. The van der Waals surface area contributed by atoms with Crippen molar-refractivity contribution in [3.8, 4) is 0 Å². The molecule has 1 atom stereocenters. The van der Waals surface area contributed by atoms with Crippen LogP contribution in [0.3, 0.4) is 0 Å². The molecule has 1 aliphatic heterocycles. The fraction of sp³-hybridized carbons (Fsp3) is 0.600. The van der Waals surface area contributed by atoms with Gasteiger partial charge in [-0.3, -0.25) is 4.39 Å². The number of pyridine rings is 1. The SMILES string of the molecule is CC(C)(C)OC(=O)N[C@@H]1CCCN(c2c(Br)cnc3[nH]cc(NCCCF)c23)C1. The van der Waals surface area contributed by atoms with Gasteiger partial charge in [0.1, 0.15) is 11.2 Å². The number of aromatic amines is 1. The van der Waals surface area contributed by atoms with Crippen molar-refractivity contribution in [3.05, 3.63) is 16.9 Å². The number of H-pyrrole nitrogens is 1. The second-order valence-electron chi connectivity index (χ2n) is 8.28. The zero-order valence-corrected chi connectivity index (χ0v) is 18.7. The van der Waals surface area contributed by atoms with Gasteiger partial charge in [-0.2, -0.15) is 0 Å². The lowest BCUT2D eigenvalue weighted by atomic mass is 10.0. The van der Waals surface area contributed by atoms with Gasteiger partial charge >= 0.3 is 6.09 Å². The van der Waals surface area contributed by atoms with Crippen LogP contribution in [0.15, 0.2) is 16.9 Å². The summed E-state index contributed by atoms with van der Waals surface area (Å²) in [5, 5.41) is 7.26. The first-order chi connectivity index (χ1) is 13.8. The van der Waals surface area contributed by atoms with Crippen molar-refractivity contribution < 1.29 is 13.9 Å². The number of anilines is 2. The third kappa shape index (κ3) is 5.52. The first kappa shape index (κ1) is 21.7. The summed E-state index contributed by atoms with van der Waals surface area (Å²) in [6.07, 6.45) is 5.56. The topological polar surface area (TPSA) is 82.3 Å². The maximum absolute atomic E-state index is 12.5. The predicted molar refractivity (Wildman–Crippen MR) is 117 cm³/mol. The van der Waals surface area contributed by atoms with Gasteiger partial charge in [0.2, 0.25) is 0 Å². The largest absolute Gasteiger partial charge is 0.444 e. The fourth-order valence-corrected chi connectivity index (χ4v) is 4.12. The first-order valence-electron chi connectivity index (χ1n) is 9.98. The Morgan fingerprint density at radius 2 is 2.28 bits per heavy atom. The number of hydrogen-bond acceptors (Lipinski definition) is 5. The summed E-state index contributed by atoms with van der Waals surface area (Å²) in [5.74, 6) is 0. The minimum atomic E-state index is -0.524. The minimum absolute atomic E-state index is 0.00407. The average Bonchev–Trinajstić information content (AvgIpc) is 3.03. The molecule has 1 fully saturated rings. The van der Waals surface area contributed by atoms with Gasteiger partial charge in [-0.25, -0.2) is 9.78 Å². The third-order valence-electron chi connectivity index (χ3n) is 4.71. The summed E-state index contributed by atoms with van der Waals surface area (Å²) in [6.45, 7) is 7.31. The van der Waals surface area contributed by atoms with Crippen LogP contribution >= 0.6 is 15.9 Å². The highest BCUT2D eigenvalue weighted by Crippen LogP contribution is 2.38. The molecule has 7 nitrogen and oxygen atoms in total. The maximum atomic E-state index is 12.5. The van der Waals surface area contributed by atoms with Crippen LogP contribution in [0.4, 0.5) is 20.6 Å². The molecule has 9 heteroatoms. The van der Waals surface area contributed by atoms with E-state index in [-0.39, 0.29) is 12.7 Å². The number of halogens is 2. The Hall–Kier alpha value is -2.03. The monoisotopic (exact) mass is 469 g/mol. The van der Waals surface area contributed by atoms with E-state index < -0.39 is 11.7 Å². The van der Waals surface area contributed by atoms with Gasteiger partial charge < -0.3 is 25.3 Å². The van der Waals surface area contributed by atoms with Crippen LogP contribution < -0.4 is 15.5 Å². The lowest BCUT2D eigenvalue weighted by Crippen LogP contribution is -2.49. The van der Waals surface area contributed by atoms with Gasteiger partial charge in [-0.15, -0.1) is 0 Å². The van der Waals surface area contributed by atoms with E-state index in [2.05, 4.69) is 41.4 Å². The quantitative estimate of drug-likeness (QED) is 0.538. The van der Waals surface area contributed by atoms with Crippen molar-refractivity contribution in [3.63, 3.8) is 0 Å². The standard InChI is InChI=1S/C20H29BrFN5O2/c1-20(2,3)29-19(28)26-13-6-4-9-27(12-13)17-14(21)10-24-18-16(17)15(11-25-18)23-8-5-7-22/h10-11,13,23H,4-9,12H2,1-3H3,(H,24,25)(H,26,28)/t13-/m1/s1. The fourth-order valence-electron chi connectivity index (χ4n) is 3.57. The number of rotatable bonds is 6. The lowest BCUT2D eigenvalue weighted by molar-refractivity contribution is 0.0500. The molecule has 3 heterocycles. The number of alkyl halides is 1. The van der Waals surface area contributed by atoms with Crippen LogP contribution in [0.1, 0.15) is 40.0 Å². The van der Waals surface area contributed by atoms with Gasteiger partial charge in [0.25, 0.3) is 0 Å². The van der Waals surface area contributed by atoms with Crippen molar-refractivity contribution in [1.82, 2.24) is 15.3 Å². The van der Waals surface area contributed by atoms with E-state index in [1.54, 1.807) is 6.20 Å². The van der Waals surface area contributed by atoms with Gasteiger partial charge in [0, 0.05) is 38.1 Å². The molecule has 2 aromatic rings. The van der Waals surface area contributed by atoms with Gasteiger partial charge in [0.05, 0.1) is 27.9 Å². The molecule has 160 valence electrons. The number of piperidine rings is 1. The Balaban J connectivity index is 1.80. The van der Waals surface area contributed by atoms with E-state index in [1.807, 2.05) is 27.0 Å². The van der Waals surface area contributed by atoms with Crippen LogP contribution in [-0.2, 0) is 4.74 Å². The molecular weight excluding hydrogens is 441 g/mol. The van der Waals surface area contributed by atoms with E-state index in [0.717, 1.165) is 46.3 Å². The van der Waals surface area contributed by atoms with Crippen LogP contribution in [0.25, 0.3) is 11.0 Å². The number of nitrogens with zero attached hydrogens (tertiary/aromatic N) is 2. The molecule has 0 bridgehead atoms. The summed E-state index contributed by atoms with van der Waals surface area (Å²) in [5.41, 5.74) is 2.17. The summed E-state index contributed by atoms with van der Waals surface area (Å²) in [6, 6.07) is -0.00407. The Morgan fingerprint density at radius 3 is 3.00 bits per heavy atom. The van der Waals surface area contributed by atoms with Crippen LogP contribution in [0.5, 0.6) is 0 Å². The minimum Gasteiger partial charge on any atom is -0.444 e. The molecule has 3 rings (SSSR count). The van der Waals surface area contributed by atoms with Crippen LogP contribution in [0, 0.1) is 0 Å². The molecule has 1 aliphatic rings. The number of amides is 1. The van der Waals surface area contributed by atoms with E-state index in [9.17, 15) is 9.18 Å². The van der Waals surface area contributed by atoms with Crippen LogP contribution in [-0.4, -0.2) is 54.0 Å². The molecular formula is C20H29BrFN5O2. The van der Waals surface area contributed by atoms with E-state index in [4.69, 9.17) is 4.74 Å². The predicted octanol–water partition coefficient (Wildman–Crippen LogP) is 4.59. The highest BCUT2D eigenvalue weighted by molar-refractivity contribution is 9.10. The summed E-state index contributed by atoms with van der Waals surface area (Å²) >= 11 is 3.65. The Bertz CT molecular complexity index is 851. The number of alkyl carbamates (subject to hydrolysis) is 1. The van der Waals surface area contributed by atoms with Crippen molar-refractivity contribution in [2.45, 2.75) is 51.7 Å². The van der Waals surface area contributed by atoms with Gasteiger partial charge in [0.15, 0.2) is 0 Å². The van der Waals surface area contributed by atoms with Crippen molar-refractivity contribution in [2.24, 2.45) is 0 Å². The lowest BCUT2D eigenvalue weighted by Gasteiger charge is -2.36. The first-order valence-corrected chi connectivity index (χ1v) is 10.8. The van der Waals surface area contributed by atoms with Crippen LogP contribution in [0.2, 0.25) is 0 Å². The third-order valence-corrected chi connectivity index (χ3v) is 5.29. The number of carbonyl (C=O) groups excluding carboxylic acids is 1. The normalized spacial score (nSPS) is 17.4. The molecule has 2 aromatic heterocycles. The molecule has 1 saturated heterocycles. The molecule has 1 amide bonds. The van der Waals surface area contributed by atoms with Crippen molar-refractivity contribution >= 4 is 44.4 Å². The van der Waals surface area contributed by atoms with Crippen molar-refractivity contribution in [2.75, 3.05) is 36.5 Å². The number of hydrogen-bond donors (Lipinski definition) is 3. The maximum Gasteiger partial charge on any atom is 0.407 e.